The van der Waals surface area contributed by atoms with Crippen molar-refractivity contribution < 1.29 is 8.42 Å². The van der Waals surface area contributed by atoms with Crippen molar-refractivity contribution in [1.82, 2.24) is 18.8 Å². The number of nitrogens with zero attached hydrogens (tertiary/aromatic N) is 2. The van der Waals surface area contributed by atoms with E-state index in [1.54, 1.807) is 13.1 Å². The predicted octanol–water partition coefficient (Wildman–Crippen LogP) is 0.278. The van der Waals surface area contributed by atoms with Crippen LogP contribution in [-0.2, 0) is 16.8 Å². The van der Waals surface area contributed by atoms with E-state index in [1.807, 2.05) is 28.8 Å². The topological polar surface area (TPSA) is 75.5 Å². The highest BCUT2D eigenvalue weighted by atomic mass is 32.2. The first kappa shape index (κ1) is 12.0. The van der Waals surface area contributed by atoms with Gasteiger partial charge in [-0.2, -0.15) is 13.1 Å². The van der Waals surface area contributed by atoms with Crippen LogP contribution in [0.2, 0.25) is 0 Å². The molecule has 0 radical (unpaired) electrons. The van der Waals surface area contributed by atoms with E-state index in [0.29, 0.717) is 12.4 Å². The monoisotopic (exact) mass is 254 g/mol. The molecular formula is C10H14N4O2S. The second kappa shape index (κ2) is 4.82. The van der Waals surface area contributed by atoms with Gasteiger partial charge in [0.15, 0.2) is 0 Å². The molecule has 7 heteroatoms. The van der Waals surface area contributed by atoms with Crippen molar-refractivity contribution in [3.8, 4) is 0 Å². The van der Waals surface area contributed by atoms with Crippen LogP contribution in [0.4, 0.5) is 0 Å². The van der Waals surface area contributed by atoms with Crippen molar-refractivity contribution in [1.29, 1.82) is 0 Å². The summed E-state index contributed by atoms with van der Waals surface area (Å²) in [5.41, 5.74) is 0.935. The van der Waals surface area contributed by atoms with Gasteiger partial charge in [-0.15, -0.1) is 0 Å². The molecule has 17 heavy (non-hydrogen) atoms. The Morgan fingerprint density at radius 3 is 2.94 bits per heavy atom. The summed E-state index contributed by atoms with van der Waals surface area (Å²) in [6.45, 7) is 2.25. The van der Waals surface area contributed by atoms with Gasteiger partial charge >= 0.3 is 0 Å². The van der Waals surface area contributed by atoms with Crippen molar-refractivity contribution in [3.63, 3.8) is 0 Å². The average Bonchev–Trinajstić information content (AvgIpc) is 2.70. The summed E-state index contributed by atoms with van der Waals surface area (Å²) in [5.74, 6) is 0.655. The largest absolute Gasteiger partial charge is 0.303 e. The molecule has 0 aromatic carbocycles. The van der Waals surface area contributed by atoms with Crippen molar-refractivity contribution in [2.75, 3.05) is 6.54 Å². The zero-order valence-electron chi connectivity index (χ0n) is 9.42. The maximum atomic E-state index is 11.4. The van der Waals surface area contributed by atoms with Crippen LogP contribution < -0.4 is 9.44 Å². The molecule has 2 rings (SSSR count). The third kappa shape index (κ3) is 2.82. The van der Waals surface area contributed by atoms with Crippen molar-refractivity contribution >= 4 is 15.7 Å². The van der Waals surface area contributed by atoms with Gasteiger partial charge < -0.3 is 4.40 Å². The van der Waals surface area contributed by atoms with Crippen molar-refractivity contribution in [3.05, 3.63) is 36.4 Å². The second-order valence-electron chi connectivity index (χ2n) is 3.49. The van der Waals surface area contributed by atoms with Crippen LogP contribution in [0.1, 0.15) is 12.7 Å². The van der Waals surface area contributed by atoms with Gasteiger partial charge in [0.1, 0.15) is 5.82 Å². The fraction of sp³-hybridized carbons (Fsp3) is 0.300. The Morgan fingerprint density at radius 2 is 2.18 bits per heavy atom. The lowest BCUT2D eigenvalue weighted by molar-refractivity contribution is 0.566. The predicted molar refractivity (Wildman–Crippen MR) is 64.6 cm³/mol. The first-order valence-corrected chi connectivity index (χ1v) is 6.76. The summed E-state index contributed by atoms with van der Waals surface area (Å²) in [5, 5.41) is 0. The molecule has 0 saturated carbocycles. The number of aromatic nitrogens is 2. The lowest BCUT2D eigenvalue weighted by atomic mass is 10.4. The number of fused-ring (bicyclic) bond motifs is 1. The lowest BCUT2D eigenvalue weighted by Crippen LogP contribution is -2.36. The van der Waals surface area contributed by atoms with Crippen LogP contribution in [0.25, 0.3) is 5.52 Å². The highest BCUT2D eigenvalue weighted by Gasteiger charge is 2.09. The van der Waals surface area contributed by atoms with Crippen molar-refractivity contribution in [2.45, 2.75) is 13.5 Å². The molecule has 2 aromatic rings. The SMILES string of the molecule is CCNS(=O)(=O)NCc1ncc2ccccn12. The molecule has 0 aliphatic heterocycles. The van der Waals surface area contributed by atoms with Gasteiger partial charge in [-0.1, -0.05) is 13.0 Å². The zero-order valence-corrected chi connectivity index (χ0v) is 10.2. The van der Waals surface area contributed by atoms with E-state index >= 15 is 0 Å². The van der Waals surface area contributed by atoms with E-state index in [4.69, 9.17) is 0 Å². The summed E-state index contributed by atoms with van der Waals surface area (Å²) in [6, 6.07) is 5.69. The Bertz CT molecular complexity index is 606. The quantitative estimate of drug-likeness (QED) is 0.804. The van der Waals surface area contributed by atoms with E-state index < -0.39 is 10.2 Å². The molecule has 0 fully saturated rings. The fourth-order valence-corrected chi connectivity index (χ4v) is 2.33. The van der Waals surface area contributed by atoms with Gasteiger partial charge in [-0.3, -0.25) is 0 Å². The Balaban J connectivity index is 2.15. The molecule has 0 atom stereocenters. The van der Waals surface area contributed by atoms with Gasteiger partial charge in [0.05, 0.1) is 18.3 Å². The minimum Gasteiger partial charge on any atom is -0.303 e. The van der Waals surface area contributed by atoms with Gasteiger partial charge in [-0.05, 0) is 12.1 Å². The maximum absolute atomic E-state index is 11.4. The molecule has 2 aromatic heterocycles. The maximum Gasteiger partial charge on any atom is 0.277 e. The number of hydrogen-bond acceptors (Lipinski definition) is 3. The summed E-state index contributed by atoms with van der Waals surface area (Å²) in [6.07, 6.45) is 3.55. The highest BCUT2D eigenvalue weighted by Crippen LogP contribution is 2.05. The van der Waals surface area contributed by atoms with Crippen LogP contribution in [0.3, 0.4) is 0 Å². The molecule has 0 aliphatic carbocycles. The van der Waals surface area contributed by atoms with E-state index in [0.717, 1.165) is 5.52 Å². The molecule has 2 N–H and O–H groups in total. The standard InChI is InChI=1S/C10H14N4O2S/c1-2-12-17(15,16)13-8-10-11-7-9-5-3-4-6-14(9)10/h3-7,12-13H,2,8H2,1H3. The van der Waals surface area contributed by atoms with Crippen LogP contribution in [0, 0.1) is 0 Å². The van der Waals surface area contributed by atoms with E-state index in [1.165, 1.54) is 0 Å². The van der Waals surface area contributed by atoms with E-state index in [2.05, 4.69) is 14.4 Å². The first-order valence-electron chi connectivity index (χ1n) is 5.27. The smallest absolute Gasteiger partial charge is 0.277 e. The Labute approximate surface area is 99.9 Å². The fourth-order valence-electron chi connectivity index (χ4n) is 1.53. The summed E-state index contributed by atoms with van der Waals surface area (Å²) in [7, 11) is -3.43. The Kier molecular flexibility index (Phi) is 3.41. The summed E-state index contributed by atoms with van der Waals surface area (Å²) >= 11 is 0. The van der Waals surface area contributed by atoms with Crippen LogP contribution in [0.5, 0.6) is 0 Å². The molecule has 92 valence electrons. The Morgan fingerprint density at radius 1 is 1.35 bits per heavy atom. The molecule has 0 saturated heterocycles. The number of hydrogen-bond donors (Lipinski definition) is 2. The van der Waals surface area contributed by atoms with Gasteiger partial charge in [-0.25, -0.2) is 9.71 Å². The molecule has 2 heterocycles. The number of nitrogens with one attached hydrogen (secondary N) is 2. The molecule has 0 spiro atoms. The van der Waals surface area contributed by atoms with E-state index in [-0.39, 0.29) is 6.54 Å². The second-order valence-corrected chi connectivity index (χ2v) is 5.08. The number of rotatable bonds is 5. The molecule has 0 amide bonds. The molecular weight excluding hydrogens is 240 g/mol. The van der Waals surface area contributed by atoms with Crippen molar-refractivity contribution in [2.24, 2.45) is 0 Å². The normalized spacial score (nSPS) is 12.1. The Hall–Kier alpha value is -1.44. The molecule has 0 unspecified atom stereocenters. The number of pyridine rings is 1. The lowest BCUT2D eigenvalue weighted by Gasteiger charge is -2.05. The summed E-state index contributed by atoms with van der Waals surface area (Å²) in [4.78, 5) is 4.17. The minimum atomic E-state index is -3.43. The van der Waals surface area contributed by atoms with Gasteiger partial charge in [0.25, 0.3) is 10.2 Å². The molecule has 6 nitrogen and oxygen atoms in total. The highest BCUT2D eigenvalue weighted by molar-refractivity contribution is 7.87. The van der Waals surface area contributed by atoms with Gasteiger partial charge in [0.2, 0.25) is 0 Å². The number of imidazole rings is 1. The minimum absolute atomic E-state index is 0.160. The first-order chi connectivity index (χ1) is 8.12. The zero-order chi connectivity index (χ0) is 12.3. The average molecular weight is 254 g/mol. The summed E-state index contributed by atoms with van der Waals surface area (Å²) < 4.78 is 29.4. The van der Waals surface area contributed by atoms with E-state index in [9.17, 15) is 8.42 Å². The van der Waals surface area contributed by atoms with Crippen LogP contribution in [0.15, 0.2) is 30.6 Å². The molecule has 0 bridgehead atoms. The van der Waals surface area contributed by atoms with Crippen LogP contribution in [-0.4, -0.2) is 24.3 Å². The van der Waals surface area contributed by atoms with Crippen LogP contribution >= 0.6 is 0 Å². The third-order valence-electron chi connectivity index (χ3n) is 2.27. The van der Waals surface area contributed by atoms with Gasteiger partial charge in [0, 0.05) is 12.7 Å². The molecule has 0 aliphatic rings. The third-order valence-corrected chi connectivity index (χ3v) is 3.46.